The summed E-state index contributed by atoms with van der Waals surface area (Å²) in [5.74, 6) is -1.14. The molecule has 2 N–H and O–H groups in total. The van der Waals surface area contributed by atoms with Crippen molar-refractivity contribution in [1.82, 2.24) is 4.98 Å². The molecule has 0 saturated carbocycles. The van der Waals surface area contributed by atoms with Crippen LogP contribution < -0.4 is 4.72 Å². The number of carboxylic acid groups (broad SMARTS) is 1. The minimum absolute atomic E-state index is 0.0108. The zero-order valence-electron chi connectivity index (χ0n) is 10.2. The third kappa shape index (κ3) is 3.60. The molecule has 0 radical (unpaired) electrons. The molecule has 0 aliphatic rings. The van der Waals surface area contributed by atoms with Gasteiger partial charge in [0, 0.05) is 10.7 Å². The number of rotatable bonds is 4. The highest BCUT2D eigenvalue weighted by Crippen LogP contribution is 2.27. The molecule has 1 heterocycles. The standard InChI is InChI=1S/C12H8Br2N2O4S/c13-8-6-7(12(17)18)3-4-10(8)21(19,20)16-9-2-1-5-15-11(9)14/h1-6,16H,(H,17,18). The first-order chi connectivity index (χ1) is 9.81. The van der Waals surface area contributed by atoms with Gasteiger partial charge in [-0.25, -0.2) is 18.2 Å². The van der Waals surface area contributed by atoms with E-state index in [4.69, 9.17) is 5.11 Å². The predicted octanol–water partition coefficient (Wildman–Crippen LogP) is 3.11. The Hall–Kier alpha value is -1.45. The Morgan fingerprint density at radius 1 is 1.24 bits per heavy atom. The Kier molecular flexibility index (Phi) is 4.64. The molecule has 6 nitrogen and oxygen atoms in total. The van der Waals surface area contributed by atoms with Gasteiger partial charge in [0.1, 0.15) is 9.50 Å². The Balaban J connectivity index is 2.41. The van der Waals surface area contributed by atoms with E-state index in [2.05, 4.69) is 41.6 Å². The minimum Gasteiger partial charge on any atom is -0.478 e. The van der Waals surface area contributed by atoms with Gasteiger partial charge >= 0.3 is 5.97 Å². The summed E-state index contributed by atoms with van der Waals surface area (Å²) >= 11 is 6.22. The molecule has 0 aliphatic carbocycles. The fraction of sp³-hybridized carbons (Fsp3) is 0. The highest BCUT2D eigenvalue weighted by atomic mass is 79.9. The fourth-order valence-corrected chi connectivity index (χ4v) is 4.14. The second kappa shape index (κ2) is 6.12. The molecule has 0 bridgehead atoms. The van der Waals surface area contributed by atoms with Gasteiger partial charge in [-0.05, 0) is 62.2 Å². The van der Waals surface area contributed by atoms with Crippen LogP contribution >= 0.6 is 31.9 Å². The summed E-state index contributed by atoms with van der Waals surface area (Å²) in [6.45, 7) is 0. The van der Waals surface area contributed by atoms with Gasteiger partial charge in [0.25, 0.3) is 10.0 Å². The third-order valence-corrected chi connectivity index (χ3v) is 5.45. The number of nitrogens with one attached hydrogen (secondary N) is 1. The maximum Gasteiger partial charge on any atom is 0.335 e. The lowest BCUT2D eigenvalue weighted by Crippen LogP contribution is -2.14. The van der Waals surface area contributed by atoms with Crippen LogP contribution in [0.3, 0.4) is 0 Å². The molecule has 0 fully saturated rings. The molecule has 9 heteroatoms. The van der Waals surface area contributed by atoms with Crippen molar-refractivity contribution in [2.75, 3.05) is 4.72 Å². The number of benzene rings is 1. The van der Waals surface area contributed by atoms with Crippen LogP contribution in [0.2, 0.25) is 0 Å². The smallest absolute Gasteiger partial charge is 0.335 e. The zero-order valence-corrected chi connectivity index (χ0v) is 14.2. The van der Waals surface area contributed by atoms with Gasteiger partial charge in [-0.15, -0.1) is 0 Å². The first-order valence-corrected chi connectivity index (χ1v) is 8.54. The zero-order chi connectivity index (χ0) is 15.6. The Morgan fingerprint density at radius 3 is 2.52 bits per heavy atom. The van der Waals surface area contributed by atoms with E-state index in [1.54, 1.807) is 12.1 Å². The van der Waals surface area contributed by atoms with Gasteiger partial charge < -0.3 is 5.11 Å². The number of hydrogen-bond donors (Lipinski definition) is 2. The lowest BCUT2D eigenvalue weighted by Gasteiger charge is -2.10. The van der Waals surface area contributed by atoms with Crippen molar-refractivity contribution in [3.05, 3.63) is 51.2 Å². The van der Waals surface area contributed by atoms with Crippen LogP contribution in [0.4, 0.5) is 5.69 Å². The summed E-state index contributed by atoms with van der Waals surface area (Å²) in [6, 6.07) is 6.81. The van der Waals surface area contributed by atoms with Crippen molar-refractivity contribution in [2.24, 2.45) is 0 Å². The first-order valence-electron chi connectivity index (χ1n) is 5.47. The molecule has 0 atom stereocenters. The van der Waals surface area contributed by atoms with Gasteiger partial charge in [-0.2, -0.15) is 0 Å². The van der Waals surface area contributed by atoms with Crippen molar-refractivity contribution < 1.29 is 18.3 Å². The average molecular weight is 436 g/mol. The molecule has 21 heavy (non-hydrogen) atoms. The largest absolute Gasteiger partial charge is 0.478 e. The quantitative estimate of drug-likeness (QED) is 0.719. The second-order valence-corrected chi connectivity index (χ2v) is 7.15. The van der Waals surface area contributed by atoms with Crippen LogP contribution in [0.25, 0.3) is 0 Å². The van der Waals surface area contributed by atoms with Gasteiger partial charge in [0.2, 0.25) is 0 Å². The normalized spacial score (nSPS) is 11.1. The number of aromatic carboxylic acids is 1. The number of halogens is 2. The van der Waals surface area contributed by atoms with E-state index in [9.17, 15) is 13.2 Å². The lowest BCUT2D eigenvalue weighted by atomic mass is 10.2. The van der Waals surface area contributed by atoms with E-state index in [1.165, 1.54) is 24.4 Å². The van der Waals surface area contributed by atoms with Crippen molar-refractivity contribution >= 4 is 53.5 Å². The van der Waals surface area contributed by atoms with Crippen molar-refractivity contribution in [2.45, 2.75) is 4.90 Å². The van der Waals surface area contributed by atoms with Gasteiger partial charge in [-0.1, -0.05) is 0 Å². The minimum atomic E-state index is -3.87. The summed E-state index contributed by atoms with van der Waals surface area (Å²) in [5, 5.41) is 8.87. The van der Waals surface area contributed by atoms with Crippen LogP contribution in [0.1, 0.15) is 10.4 Å². The van der Waals surface area contributed by atoms with Crippen molar-refractivity contribution in [3.8, 4) is 0 Å². The van der Waals surface area contributed by atoms with E-state index in [-0.39, 0.29) is 20.6 Å². The maximum atomic E-state index is 12.3. The number of aromatic nitrogens is 1. The van der Waals surface area contributed by atoms with E-state index >= 15 is 0 Å². The lowest BCUT2D eigenvalue weighted by molar-refractivity contribution is 0.0696. The van der Waals surface area contributed by atoms with Gasteiger partial charge in [0.05, 0.1) is 11.3 Å². The number of sulfonamides is 1. The molecular formula is C12H8Br2N2O4S. The summed E-state index contributed by atoms with van der Waals surface area (Å²) in [5.41, 5.74) is 0.273. The molecule has 2 aromatic rings. The number of nitrogens with zero attached hydrogens (tertiary/aromatic N) is 1. The summed E-state index contributed by atoms with van der Waals surface area (Å²) in [6.07, 6.45) is 1.51. The topological polar surface area (TPSA) is 96.4 Å². The van der Waals surface area contributed by atoms with Gasteiger partial charge in [-0.3, -0.25) is 4.72 Å². The highest BCUT2D eigenvalue weighted by Gasteiger charge is 2.20. The molecule has 0 saturated heterocycles. The second-order valence-electron chi connectivity index (χ2n) is 3.90. The molecule has 0 unspecified atom stereocenters. The SMILES string of the molecule is O=C(O)c1ccc(S(=O)(=O)Nc2cccnc2Br)c(Br)c1. The first kappa shape index (κ1) is 15.9. The van der Waals surface area contributed by atoms with Crippen LogP contribution in [0.5, 0.6) is 0 Å². The number of carbonyl (C=O) groups is 1. The van der Waals surface area contributed by atoms with Crippen LogP contribution in [-0.4, -0.2) is 24.5 Å². The Labute approximate surface area is 137 Å². The Morgan fingerprint density at radius 2 is 1.95 bits per heavy atom. The average Bonchev–Trinajstić information content (AvgIpc) is 2.40. The van der Waals surface area contributed by atoms with Crippen LogP contribution in [-0.2, 0) is 10.0 Å². The van der Waals surface area contributed by atoms with Crippen molar-refractivity contribution in [3.63, 3.8) is 0 Å². The summed E-state index contributed by atoms with van der Waals surface area (Å²) < 4.78 is 27.5. The molecule has 0 spiro atoms. The van der Waals surface area contributed by atoms with Gasteiger partial charge in [0.15, 0.2) is 0 Å². The van der Waals surface area contributed by atoms with Crippen LogP contribution in [0.15, 0.2) is 50.5 Å². The molecule has 0 amide bonds. The number of carboxylic acids is 1. The highest BCUT2D eigenvalue weighted by molar-refractivity contribution is 9.10. The predicted molar refractivity (Wildman–Crippen MR) is 83.8 cm³/mol. The van der Waals surface area contributed by atoms with Crippen LogP contribution in [0, 0.1) is 0 Å². The number of anilines is 1. The Bertz CT molecular complexity index is 809. The van der Waals surface area contributed by atoms with E-state index in [0.717, 1.165) is 0 Å². The van der Waals surface area contributed by atoms with E-state index in [1.807, 2.05) is 0 Å². The molecular weight excluding hydrogens is 428 g/mol. The summed E-state index contributed by atoms with van der Waals surface area (Å²) in [7, 11) is -3.87. The molecule has 0 aliphatic heterocycles. The molecule has 2 rings (SSSR count). The molecule has 110 valence electrons. The van der Waals surface area contributed by atoms with E-state index in [0.29, 0.717) is 4.60 Å². The fourth-order valence-electron chi connectivity index (χ4n) is 1.51. The third-order valence-electron chi connectivity index (χ3n) is 2.47. The number of pyridine rings is 1. The van der Waals surface area contributed by atoms with Crippen molar-refractivity contribution in [1.29, 1.82) is 0 Å². The summed E-state index contributed by atoms with van der Waals surface area (Å²) in [4.78, 5) is 14.7. The monoisotopic (exact) mass is 434 g/mol. The molecule has 1 aromatic carbocycles. The molecule has 1 aromatic heterocycles. The van der Waals surface area contributed by atoms with E-state index < -0.39 is 16.0 Å². The number of hydrogen-bond acceptors (Lipinski definition) is 4. The maximum absolute atomic E-state index is 12.3.